The lowest BCUT2D eigenvalue weighted by molar-refractivity contribution is -0.145. The number of phenolic OH excluding ortho intramolecular Hbond substituents is 2. The van der Waals surface area contributed by atoms with Crippen molar-refractivity contribution in [1.82, 2.24) is 0 Å². The molecule has 2 atom stereocenters. The second-order valence-electron chi connectivity index (χ2n) is 2.60. The summed E-state index contributed by atoms with van der Waals surface area (Å²) in [4.78, 5) is 11.8. The summed E-state index contributed by atoms with van der Waals surface area (Å²) >= 11 is 0. The van der Waals surface area contributed by atoms with Crippen LogP contribution in [0.2, 0.25) is 2.82 Å². The van der Waals surface area contributed by atoms with Crippen LogP contribution in [0, 0.1) is 0 Å². The first-order chi connectivity index (χ1) is 11.4. The molecule has 0 saturated carbocycles. The second kappa shape index (κ2) is 4.82. The maximum Gasteiger partial charge on any atom is 0.325 e. The normalized spacial score (nSPS) is 25.8. The van der Waals surface area contributed by atoms with Gasteiger partial charge in [-0.2, -0.15) is 0 Å². The van der Waals surface area contributed by atoms with Gasteiger partial charge in [0, 0.05) is 0 Å². The number of esters is 1. The zero-order valence-electron chi connectivity index (χ0n) is 17.0. The summed E-state index contributed by atoms with van der Waals surface area (Å²) in [5, 5.41) is 18.5. The average molecular weight is 236 g/mol. The fraction of sp³-hybridized carbons (Fsp3) is 0.300. The van der Waals surface area contributed by atoms with Crippen molar-refractivity contribution in [3.8, 4) is 11.5 Å². The highest BCUT2D eigenvalue weighted by atomic mass is 16.5. The molecule has 1 rings (SSSR count). The first kappa shape index (κ1) is 4.60. The lowest BCUT2D eigenvalue weighted by atomic mass is 10.0. The number of hydrogen-bond acceptors (Lipinski definition) is 6. The van der Waals surface area contributed by atoms with Crippen LogP contribution in [0.25, 0.3) is 0 Å². The summed E-state index contributed by atoms with van der Waals surface area (Å²) in [6.07, 6.45) is -3.64. The molecule has 0 amide bonds. The number of methoxy groups -OCH3 is 1. The molecular formula is C10H13NO5. The highest BCUT2D eigenvalue weighted by Gasteiger charge is 2.25. The quantitative estimate of drug-likeness (QED) is 0.396. The maximum atomic E-state index is 11.8. The van der Waals surface area contributed by atoms with Crippen molar-refractivity contribution in [3.05, 3.63) is 23.7 Å². The Bertz CT molecular complexity index is 685. The van der Waals surface area contributed by atoms with E-state index in [1.165, 1.54) is 0 Å². The van der Waals surface area contributed by atoms with Crippen molar-refractivity contribution < 1.29 is 34.5 Å². The SMILES string of the molecule is [2H]Oc1c([2H])c([2H])c([C@]([2H])(O)[C@@]([2H])(C(=O)OC)N([2H])[2H])c([2H])c1O[2H]. The van der Waals surface area contributed by atoms with E-state index in [0.29, 0.717) is 0 Å². The van der Waals surface area contributed by atoms with Crippen molar-refractivity contribution in [1.29, 1.82) is 2.86 Å². The van der Waals surface area contributed by atoms with Gasteiger partial charge in [-0.25, -0.2) is 0 Å². The Kier molecular flexibility index (Phi) is 1.39. The maximum absolute atomic E-state index is 11.8. The van der Waals surface area contributed by atoms with Crippen LogP contribution < -0.4 is 5.72 Å². The molecule has 0 saturated heterocycles. The molecule has 0 aliphatic carbocycles. The van der Waals surface area contributed by atoms with Crippen LogP contribution in [-0.2, 0) is 9.53 Å². The van der Waals surface area contributed by atoms with Gasteiger partial charge in [-0.3, -0.25) is 4.79 Å². The summed E-state index contributed by atoms with van der Waals surface area (Å²) in [6, 6.07) is -6.68. The zero-order valence-corrected chi connectivity index (χ0v) is 8.03. The van der Waals surface area contributed by atoms with Gasteiger partial charge in [0.05, 0.1) is 14.0 Å². The van der Waals surface area contributed by atoms with Crippen molar-refractivity contribution >= 4 is 5.97 Å². The smallest absolute Gasteiger partial charge is 0.325 e. The molecule has 1 aromatic rings. The van der Waals surface area contributed by atoms with Crippen molar-refractivity contribution in [2.45, 2.75) is 12.1 Å². The number of nitrogens with two attached hydrogens (primary N) is 1. The molecule has 0 aliphatic heterocycles. The molecule has 0 aromatic heterocycles. The number of carbonyl (C=O) groups is 1. The Hall–Kier alpha value is -1.79. The lowest BCUT2D eigenvalue weighted by Crippen LogP contribution is -2.37. The van der Waals surface area contributed by atoms with Gasteiger partial charge in [-0.15, -0.1) is 0 Å². The minimum Gasteiger partial charge on any atom is -0.504 e. The number of hydrogen-bond donors (Lipinski definition) is 4. The summed E-state index contributed by atoms with van der Waals surface area (Å²) in [5.74, 6) is -3.51. The Morgan fingerprint density at radius 2 is 2.44 bits per heavy atom. The standard InChI is InChI=1S/C10H13NO5/c1-16-10(15)8(11)9(14)5-2-3-6(12)7(13)4-5/h2-4,8-9,12-14H,11H2,1H3/t8-,9-/m0/s1/i2D,3D,4D,8D,9D/hD4. The highest BCUT2D eigenvalue weighted by Crippen LogP contribution is 2.28. The van der Waals surface area contributed by atoms with E-state index in [0.717, 1.165) is 7.11 Å². The third-order valence-corrected chi connectivity index (χ3v) is 1.59. The molecule has 6 heteroatoms. The highest BCUT2D eigenvalue weighted by molar-refractivity contribution is 5.76. The molecule has 0 spiro atoms. The van der Waals surface area contributed by atoms with Crippen LogP contribution in [0.4, 0.5) is 0 Å². The number of rotatable bonds is 6. The number of carbonyl (C=O) groups excluding carboxylic acids is 1. The molecule has 0 aliphatic rings. The molecule has 0 heterocycles. The molecule has 0 bridgehead atoms. The van der Waals surface area contributed by atoms with Crippen molar-refractivity contribution in [3.63, 3.8) is 0 Å². The third kappa shape index (κ3) is 2.41. The number of aliphatic hydroxyl groups is 1. The number of ether oxygens (including phenoxy) is 1. The van der Waals surface area contributed by atoms with E-state index in [4.69, 9.17) is 12.5 Å². The molecule has 16 heavy (non-hydrogen) atoms. The van der Waals surface area contributed by atoms with Crippen molar-refractivity contribution in [2.24, 2.45) is 5.72 Å². The Morgan fingerprint density at radius 3 is 3.00 bits per heavy atom. The lowest BCUT2D eigenvalue weighted by Gasteiger charge is -2.17. The molecule has 0 radical (unpaired) electrons. The van der Waals surface area contributed by atoms with E-state index >= 15 is 0 Å². The van der Waals surface area contributed by atoms with Crippen LogP contribution in [0.5, 0.6) is 11.5 Å². The van der Waals surface area contributed by atoms with Gasteiger partial charge < -0.3 is 25.8 Å². The minimum atomic E-state index is -3.64. The van der Waals surface area contributed by atoms with Crippen LogP contribution in [0.1, 0.15) is 18.5 Å². The minimum absolute atomic E-state index is 0.662. The second-order valence-corrected chi connectivity index (χ2v) is 2.60. The largest absolute Gasteiger partial charge is 0.504 e. The molecule has 0 unspecified atom stereocenters. The zero-order chi connectivity index (χ0) is 19.7. The van der Waals surface area contributed by atoms with Gasteiger partial charge in [0.25, 0.3) is 2.86 Å². The summed E-state index contributed by atoms with van der Waals surface area (Å²) in [5.41, 5.74) is -1.85. The fourth-order valence-corrected chi connectivity index (χ4v) is 0.808. The van der Waals surface area contributed by atoms with Crippen LogP contribution in [0.3, 0.4) is 0 Å². The van der Waals surface area contributed by atoms with Crippen LogP contribution >= 0.6 is 0 Å². The summed E-state index contributed by atoms with van der Waals surface area (Å²) in [6.45, 7) is 0. The van der Waals surface area contributed by atoms with E-state index in [2.05, 4.69) is 15.0 Å². The van der Waals surface area contributed by atoms with E-state index in [1.54, 1.807) is 0 Å². The predicted octanol–water partition coefficient (Wildman–Crippen LogP) is -0.369. The molecule has 88 valence electrons. The average Bonchev–Trinajstić information content (AvgIpc) is 2.55. The molecular weight excluding hydrogens is 214 g/mol. The van der Waals surface area contributed by atoms with Gasteiger partial charge in [0.15, 0.2) is 11.5 Å². The van der Waals surface area contributed by atoms with E-state index < -0.39 is 59.0 Å². The number of aromatic hydroxyl groups is 2. The Labute approximate surface area is 105 Å². The van der Waals surface area contributed by atoms with Gasteiger partial charge in [-0.1, -0.05) is 6.04 Å². The first-order valence-corrected chi connectivity index (χ1v) is 3.92. The molecule has 5 N–H and O–H groups in total. The molecule has 1 aromatic carbocycles. The van der Waals surface area contributed by atoms with Crippen LogP contribution in [-0.4, -0.2) is 37.3 Å². The monoisotopic (exact) mass is 236 g/mol. The predicted molar refractivity (Wildman–Crippen MR) is 54.7 cm³/mol. The van der Waals surface area contributed by atoms with Crippen molar-refractivity contribution in [2.75, 3.05) is 7.11 Å². The van der Waals surface area contributed by atoms with Gasteiger partial charge in [0.1, 0.15) is 14.9 Å². The Balaban J connectivity index is 3.91. The fourth-order valence-electron chi connectivity index (χ4n) is 0.808. The topological polar surface area (TPSA) is 113 Å². The van der Waals surface area contributed by atoms with Gasteiger partial charge in [-0.05, 0) is 17.6 Å². The van der Waals surface area contributed by atoms with E-state index in [-0.39, 0.29) is 0 Å². The first-order valence-electron chi connectivity index (χ1n) is 8.13. The summed E-state index contributed by atoms with van der Waals surface area (Å²) < 4.78 is 71.3. The number of phenols is 2. The van der Waals surface area contributed by atoms with E-state index in [9.17, 15) is 9.90 Å². The van der Waals surface area contributed by atoms with Gasteiger partial charge in [0.2, 0.25) is 0 Å². The van der Waals surface area contributed by atoms with Gasteiger partial charge >= 0.3 is 5.97 Å². The van der Waals surface area contributed by atoms with E-state index in [1.807, 2.05) is 0 Å². The summed E-state index contributed by atoms with van der Waals surface area (Å²) in [7, 11) is 0.764. The Morgan fingerprint density at radius 1 is 1.69 bits per heavy atom. The molecule has 0 fully saturated rings. The van der Waals surface area contributed by atoms with Crippen LogP contribution in [0.15, 0.2) is 18.1 Å². The molecule has 6 nitrogen and oxygen atoms in total. The number of benzene rings is 1. The third-order valence-electron chi connectivity index (χ3n) is 1.59.